The van der Waals surface area contributed by atoms with Gasteiger partial charge in [-0.05, 0) is 31.4 Å². The van der Waals surface area contributed by atoms with Gasteiger partial charge in [0.2, 0.25) is 0 Å². The number of piperidine rings is 1. The molecule has 0 spiro atoms. The summed E-state index contributed by atoms with van der Waals surface area (Å²) >= 11 is 0. The Kier molecular flexibility index (Phi) is 7.42. The number of ether oxygens (including phenoxy) is 2. The van der Waals surface area contributed by atoms with Gasteiger partial charge in [0.25, 0.3) is 5.91 Å². The standard InChI is InChI=1S/C19H22F3NO5/c1-2-27-18(26)14-6-8-23(9-7-14)16(24)12-28-17(25)11-13-4-3-5-15(10-13)19(20,21)22/h3-5,10,14H,2,6-9,11-12H2,1H3. The summed E-state index contributed by atoms with van der Waals surface area (Å²) in [5, 5.41) is 0. The number of hydrogen-bond acceptors (Lipinski definition) is 5. The van der Waals surface area contributed by atoms with Gasteiger partial charge < -0.3 is 14.4 Å². The zero-order chi connectivity index (χ0) is 20.7. The monoisotopic (exact) mass is 401 g/mol. The fourth-order valence-corrected chi connectivity index (χ4v) is 2.93. The average Bonchev–Trinajstić information content (AvgIpc) is 2.66. The summed E-state index contributed by atoms with van der Waals surface area (Å²) in [6, 6.07) is 4.39. The molecule has 1 saturated heterocycles. The Morgan fingerprint density at radius 2 is 1.82 bits per heavy atom. The van der Waals surface area contributed by atoms with Crippen LogP contribution in [0.1, 0.15) is 30.9 Å². The molecule has 1 aromatic carbocycles. The molecule has 154 valence electrons. The first-order valence-electron chi connectivity index (χ1n) is 8.97. The van der Waals surface area contributed by atoms with Crippen molar-refractivity contribution >= 4 is 17.8 Å². The molecule has 1 aromatic rings. The van der Waals surface area contributed by atoms with Crippen molar-refractivity contribution in [2.45, 2.75) is 32.4 Å². The number of amides is 1. The summed E-state index contributed by atoms with van der Waals surface area (Å²) in [7, 11) is 0. The Morgan fingerprint density at radius 3 is 2.43 bits per heavy atom. The number of alkyl halides is 3. The smallest absolute Gasteiger partial charge is 0.416 e. The van der Waals surface area contributed by atoms with Gasteiger partial charge in [-0.15, -0.1) is 0 Å². The number of halogens is 3. The van der Waals surface area contributed by atoms with Crippen LogP contribution < -0.4 is 0 Å². The zero-order valence-electron chi connectivity index (χ0n) is 15.5. The van der Waals surface area contributed by atoms with Crippen LogP contribution in [0.25, 0.3) is 0 Å². The molecule has 0 aliphatic carbocycles. The van der Waals surface area contributed by atoms with E-state index in [0.29, 0.717) is 32.5 Å². The minimum absolute atomic E-state index is 0.155. The SMILES string of the molecule is CCOC(=O)C1CCN(C(=O)COC(=O)Cc2cccc(C(F)(F)F)c2)CC1. The molecule has 0 atom stereocenters. The molecule has 0 N–H and O–H groups in total. The van der Waals surface area contributed by atoms with E-state index in [4.69, 9.17) is 9.47 Å². The third kappa shape index (κ3) is 6.24. The van der Waals surface area contributed by atoms with Crippen molar-refractivity contribution in [1.29, 1.82) is 0 Å². The van der Waals surface area contributed by atoms with E-state index in [1.54, 1.807) is 6.92 Å². The van der Waals surface area contributed by atoms with Gasteiger partial charge in [-0.2, -0.15) is 13.2 Å². The largest absolute Gasteiger partial charge is 0.466 e. The van der Waals surface area contributed by atoms with Crippen molar-refractivity contribution in [1.82, 2.24) is 4.90 Å². The predicted octanol–water partition coefficient (Wildman–Crippen LogP) is 2.59. The Morgan fingerprint density at radius 1 is 1.14 bits per heavy atom. The zero-order valence-corrected chi connectivity index (χ0v) is 15.5. The number of benzene rings is 1. The molecule has 1 amide bonds. The first-order chi connectivity index (χ1) is 13.2. The van der Waals surface area contributed by atoms with Crippen LogP contribution in [0.2, 0.25) is 0 Å². The fourth-order valence-electron chi connectivity index (χ4n) is 2.93. The van der Waals surface area contributed by atoms with Crippen LogP contribution in [-0.4, -0.2) is 49.0 Å². The lowest BCUT2D eigenvalue weighted by Crippen LogP contribution is -2.42. The Bertz CT molecular complexity index is 712. The molecule has 0 bridgehead atoms. The summed E-state index contributed by atoms with van der Waals surface area (Å²) in [5.41, 5.74) is -0.694. The van der Waals surface area contributed by atoms with Crippen LogP contribution >= 0.6 is 0 Å². The molecule has 28 heavy (non-hydrogen) atoms. The van der Waals surface area contributed by atoms with Crippen molar-refractivity contribution in [3.05, 3.63) is 35.4 Å². The maximum atomic E-state index is 12.7. The number of likely N-dealkylation sites (tertiary alicyclic amines) is 1. The van der Waals surface area contributed by atoms with Gasteiger partial charge in [0.05, 0.1) is 24.5 Å². The topological polar surface area (TPSA) is 72.9 Å². The number of carbonyl (C=O) groups excluding carboxylic acids is 3. The molecular weight excluding hydrogens is 379 g/mol. The molecule has 0 saturated carbocycles. The molecule has 0 radical (unpaired) electrons. The highest BCUT2D eigenvalue weighted by atomic mass is 19.4. The van der Waals surface area contributed by atoms with E-state index in [0.717, 1.165) is 12.1 Å². The fraction of sp³-hybridized carbons (Fsp3) is 0.526. The van der Waals surface area contributed by atoms with Gasteiger partial charge in [0, 0.05) is 13.1 Å². The highest BCUT2D eigenvalue weighted by Gasteiger charge is 2.31. The van der Waals surface area contributed by atoms with Gasteiger partial charge in [0.1, 0.15) is 0 Å². The normalized spacial score (nSPS) is 15.2. The van der Waals surface area contributed by atoms with Crippen LogP contribution in [0.15, 0.2) is 24.3 Å². The molecule has 6 nitrogen and oxygen atoms in total. The van der Waals surface area contributed by atoms with Crippen molar-refractivity contribution in [3.63, 3.8) is 0 Å². The van der Waals surface area contributed by atoms with Gasteiger partial charge >= 0.3 is 18.1 Å². The molecule has 1 aliphatic rings. The highest BCUT2D eigenvalue weighted by molar-refractivity contribution is 5.81. The highest BCUT2D eigenvalue weighted by Crippen LogP contribution is 2.29. The van der Waals surface area contributed by atoms with Crippen LogP contribution in [0.5, 0.6) is 0 Å². The van der Waals surface area contributed by atoms with E-state index in [2.05, 4.69) is 0 Å². The summed E-state index contributed by atoms with van der Waals surface area (Å²) in [4.78, 5) is 37.1. The second-order valence-electron chi connectivity index (χ2n) is 6.44. The first-order valence-corrected chi connectivity index (χ1v) is 8.97. The van der Waals surface area contributed by atoms with Crippen LogP contribution in [0.3, 0.4) is 0 Å². The summed E-state index contributed by atoms with van der Waals surface area (Å²) in [6.07, 6.45) is -3.90. The molecule has 1 heterocycles. The maximum absolute atomic E-state index is 12.7. The summed E-state index contributed by atoms with van der Waals surface area (Å²) < 4.78 is 47.9. The van der Waals surface area contributed by atoms with Crippen molar-refractivity contribution < 1.29 is 37.0 Å². The van der Waals surface area contributed by atoms with Crippen molar-refractivity contribution in [2.24, 2.45) is 5.92 Å². The van der Waals surface area contributed by atoms with E-state index in [-0.39, 0.29) is 23.9 Å². The summed E-state index contributed by atoms with van der Waals surface area (Å²) in [6.45, 7) is 2.26. The summed E-state index contributed by atoms with van der Waals surface area (Å²) in [5.74, 6) is -1.71. The van der Waals surface area contributed by atoms with Gasteiger partial charge in [-0.1, -0.05) is 18.2 Å². The quantitative estimate of drug-likeness (QED) is 0.685. The predicted molar refractivity (Wildman–Crippen MR) is 92.0 cm³/mol. The molecule has 2 rings (SSSR count). The lowest BCUT2D eigenvalue weighted by atomic mass is 9.97. The minimum atomic E-state index is -4.49. The molecule has 0 aromatic heterocycles. The van der Waals surface area contributed by atoms with Crippen LogP contribution in [0, 0.1) is 5.92 Å². The van der Waals surface area contributed by atoms with E-state index >= 15 is 0 Å². The Balaban J connectivity index is 1.77. The number of hydrogen-bond donors (Lipinski definition) is 0. The molecule has 1 fully saturated rings. The number of nitrogens with zero attached hydrogens (tertiary/aromatic N) is 1. The van der Waals surface area contributed by atoms with E-state index in [1.807, 2.05) is 0 Å². The van der Waals surface area contributed by atoms with Crippen LogP contribution in [-0.2, 0) is 36.5 Å². The third-order valence-electron chi connectivity index (χ3n) is 4.43. The first kappa shape index (κ1) is 21.7. The lowest BCUT2D eigenvalue weighted by molar-refractivity contribution is -0.154. The van der Waals surface area contributed by atoms with Crippen molar-refractivity contribution in [3.8, 4) is 0 Å². The Hall–Kier alpha value is -2.58. The van der Waals surface area contributed by atoms with Gasteiger partial charge in [-0.3, -0.25) is 14.4 Å². The van der Waals surface area contributed by atoms with E-state index in [1.165, 1.54) is 17.0 Å². The number of rotatable bonds is 6. The lowest BCUT2D eigenvalue weighted by Gasteiger charge is -2.30. The second-order valence-corrected chi connectivity index (χ2v) is 6.44. The van der Waals surface area contributed by atoms with E-state index < -0.39 is 30.2 Å². The molecular formula is C19H22F3NO5. The van der Waals surface area contributed by atoms with Crippen LogP contribution in [0.4, 0.5) is 13.2 Å². The maximum Gasteiger partial charge on any atom is 0.416 e. The average molecular weight is 401 g/mol. The molecule has 0 unspecified atom stereocenters. The minimum Gasteiger partial charge on any atom is -0.466 e. The van der Waals surface area contributed by atoms with E-state index in [9.17, 15) is 27.6 Å². The number of esters is 2. The Labute approximate surface area is 160 Å². The second kappa shape index (κ2) is 9.57. The molecule has 1 aliphatic heterocycles. The van der Waals surface area contributed by atoms with Gasteiger partial charge in [0.15, 0.2) is 6.61 Å². The van der Waals surface area contributed by atoms with Crippen molar-refractivity contribution in [2.75, 3.05) is 26.3 Å². The third-order valence-corrected chi connectivity index (χ3v) is 4.43. The van der Waals surface area contributed by atoms with Gasteiger partial charge in [-0.25, -0.2) is 0 Å². The molecule has 9 heteroatoms. The number of carbonyl (C=O) groups is 3.